The molecule has 20 heavy (non-hydrogen) atoms. The van der Waals surface area contributed by atoms with Crippen molar-refractivity contribution in [2.75, 3.05) is 0 Å². The van der Waals surface area contributed by atoms with Gasteiger partial charge >= 0.3 is 6.36 Å². The van der Waals surface area contributed by atoms with E-state index in [9.17, 15) is 13.2 Å². The second kappa shape index (κ2) is 5.41. The fourth-order valence-corrected chi connectivity index (χ4v) is 2.60. The molecule has 3 nitrogen and oxygen atoms in total. The Morgan fingerprint density at radius 2 is 1.80 bits per heavy atom. The Morgan fingerprint density at radius 3 is 2.25 bits per heavy atom. The van der Waals surface area contributed by atoms with Gasteiger partial charge in [0.1, 0.15) is 10.8 Å². The second-order valence-electron chi connectivity index (χ2n) is 4.29. The van der Waals surface area contributed by atoms with Crippen molar-refractivity contribution in [2.45, 2.75) is 26.3 Å². The van der Waals surface area contributed by atoms with E-state index in [1.807, 2.05) is 13.8 Å². The van der Waals surface area contributed by atoms with Crippen LogP contribution in [-0.4, -0.2) is 11.3 Å². The van der Waals surface area contributed by atoms with E-state index in [-0.39, 0.29) is 5.75 Å². The summed E-state index contributed by atoms with van der Waals surface area (Å²) in [7, 11) is 0. The maximum absolute atomic E-state index is 12.1. The Hall–Kier alpha value is -1.60. The molecular formula is C13H13F3N2OS. The van der Waals surface area contributed by atoms with Crippen LogP contribution in [-0.2, 0) is 0 Å². The second-order valence-corrected chi connectivity index (χ2v) is 5.52. The number of alkyl halides is 3. The Bertz CT molecular complexity index is 573. The van der Waals surface area contributed by atoms with E-state index in [4.69, 9.17) is 5.73 Å². The zero-order chi connectivity index (χ0) is 14.9. The van der Waals surface area contributed by atoms with E-state index in [1.54, 1.807) is 0 Å². The lowest BCUT2D eigenvalue weighted by Gasteiger charge is -2.11. The zero-order valence-electron chi connectivity index (χ0n) is 10.9. The van der Waals surface area contributed by atoms with Gasteiger partial charge in [0.05, 0.1) is 11.7 Å². The molecule has 2 rings (SSSR count). The maximum Gasteiger partial charge on any atom is 0.573 e. The third kappa shape index (κ3) is 3.49. The summed E-state index contributed by atoms with van der Waals surface area (Å²) in [6, 6.07) is 5.06. The number of nitrogens with zero attached hydrogens (tertiary/aromatic N) is 1. The molecule has 1 aromatic heterocycles. The van der Waals surface area contributed by atoms with Crippen molar-refractivity contribution >= 4 is 11.3 Å². The molecule has 108 valence electrons. The quantitative estimate of drug-likeness (QED) is 0.940. The molecule has 1 aromatic carbocycles. The van der Waals surface area contributed by atoms with Crippen molar-refractivity contribution in [3.8, 4) is 5.75 Å². The van der Waals surface area contributed by atoms with Crippen molar-refractivity contribution in [2.24, 2.45) is 5.73 Å². The summed E-state index contributed by atoms with van der Waals surface area (Å²) >= 11 is 1.48. The highest BCUT2D eigenvalue weighted by atomic mass is 32.1. The smallest absolute Gasteiger partial charge is 0.406 e. The predicted octanol–water partition coefficient (Wildman–Crippen LogP) is 3.71. The number of ether oxygens (including phenoxy) is 1. The van der Waals surface area contributed by atoms with Gasteiger partial charge in [0, 0.05) is 4.88 Å². The Morgan fingerprint density at radius 1 is 1.20 bits per heavy atom. The van der Waals surface area contributed by atoms with E-state index in [0.29, 0.717) is 5.56 Å². The van der Waals surface area contributed by atoms with Gasteiger partial charge in [-0.1, -0.05) is 12.1 Å². The number of nitrogens with two attached hydrogens (primary N) is 1. The summed E-state index contributed by atoms with van der Waals surface area (Å²) < 4.78 is 40.0. The van der Waals surface area contributed by atoms with Crippen LogP contribution in [0, 0.1) is 13.8 Å². The summed E-state index contributed by atoms with van der Waals surface area (Å²) in [6.45, 7) is 3.84. The minimum absolute atomic E-state index is 0.264. The number of hydrogen-bond donors (Lipinski definition) is 1. The average Bonchev–Trinajstić information content (AvgIpc) is 2.68. The minimum atomic E-state index is -4.69. The fourth-order valence-electron chi connectivity index (χ4n) is 1.65. The first kappa shape index (κ1) is 14.8. The van der Waals surface area contributed by atoms with Crippen molar-refractivity contribution in [1.82, 2.24) is 4.98 Å². The molecule has 1 atom stereocenters. The van der Waals surface area contributed by atoms with E-state index in [2.05, 4.69) is 9.72 Å². The first-order valence-electron chi connectivity index (χ1n) is 5.81. The molecule has 0 aliphatic rings. The largest absolute Gasteiger partial charge is 0.573 e. The molecule has 1 unspecified atom stereocenters. The normalized spacial score (nSPS) is 13.3. The van der Waals surface area contributed by atoms with Crippen LogP contribution in [0.15, 0.2) is 24.3 Å². The number of hydrogen-bond acceptors (Lipinski definition) is 4. The lowest BCUT2D eigenvalue weighted by atomic mass is 10.1. The molecule has 7 heteroatoms. The molecule has 0 aliphatic heterocycles. The number of halogens is 3. The number of thiazole rings is 1. The van der Waals surface area contributed by atoms with Gasteiger partial charge in [0.25, 0.3) is 0 Å². The summed E-state index contributed by atoms with van der Waals surface area (Å²) in [6.07, 6.45) is -4.69. The van der Waals surface area contributed by atoms with Crippen molar-refractivity contribution in [3.63, 3.8) is 0 Å². The van der Waals surface area contributed by atoms with Crippen LogP contribution >= 0.6 is 11.3 Å². The highest BCUT2D eigenvalue weighted by molar-refractivity contribution is 7.11. The molecule has 0 aliphatic carbocycles. The van der Waals surface area contributed by atoms with Crippen LogP contribution in [0.2, 0.25) is 0 Å². The Labute approximate surface area is 118 Å². The molecule has 0 amide bonds. The van der Waals surface area contributed by atoms with Crippen LogP contribution < -0.4 is 10.5 Å². The van der Waals surface area contributed by atoms with Crippen LogP contribution in [0.4, 0.5) is 13.2 Å². The van der Waals surface area contributed by atoms with Gasteiger partial charge in [-0.25, -0.2) is 4.98 Å². The standard InChI is InChI=1S/C13H13F3N2OS/c1-7-8(2)20-12(18-7)11(17)9-3-5-10(6-4-9)19-13(14,15)16/h3-6,11H,17H2,1-2H3. The van der Waals surface area contributed by atoms with Crippen molar-refractivity contribution < 1.29 is 17.9 Å². The highest BCUT2D eigenvalue weighted by Crippen LogP contribution is 2.28. The monoisotopic (exact) mass is 302 g/mol. The molecule has 0 fully saturated rings. The van der Waals surface area contributed by atoms with Crippen molar-refractivity contribution in [1.29, 1.82) is 0 Å². The minimum Gasteiger partial charge on any atom is -0.406 e. The third-order valence-electron chi connectivity index (χ3n) is 2.78. The van der Waals surface area contributed by atoms with E-state index < -0.39 is 12.4 Å². The van der Waals surface area contributed by atoms with Gasteiger partial charge in [0.15, 0.2) is 0 Å². The molecule has 2 N–H and O–H groups in total. The zero-order valence-corrected chi connectivity index (χ0v) is 11.7. The highest BCUT2D eigenvalue weighted by Gasteiger charge is 2.31. The number of aromatic nitrogens is 1. The number of aryl methyl sites for hydroxylation is 2. The molecule has 2 aromatic rings. The van der Waals surface area contributed by atoms with Gasteiger partial charge in [-0.2, -0.15) is 0 Å². The Kier molecular flexibility index (Phi) is 4.01. The summed E-state index contributed by atoms with van der Waals surface area (Å²) in [5, 5.41) is 0.740. The first-order chi connectivity index (χ1) is 9.26. The lowest BCUT2D eigenvalue weighted by Crippen LogP contribution is -2.17. The number of rotatable bonds is 3. The molecule has 0 bridgehead atoms. The molecule has 0 spiro atoms. The summed E-state index contributed by atoms with van der Waals surface area (Å²) in [5.74, 6) is -0.264. The lowest BCUT2D eigenvalue weighted by molar-refractivity contribution is -0.274. The number of benzene rings is 1. The SMILES string of the molecule is Cc1nc(C(N)c2ccc(OC(F)(F)F)cc2)sc1C. The maximum atomic E-state index is 12.1. The van der Waals surface area contributed by atoms with Gasteiger partial charge < -0.3 is 10.5 Å². The molecule has 1 heterocycles. The van der Waals surface area contributed by atoms with Crippen LogP contribution in [0.3, 0.4) is 0 Å². The average molecular weight is 302 g/mol. The first-order valence-corrected chi connectivity index (χ1v) is 6.63. The van der Waals surface area contributed by atoms with Gasteiger partial charge in [-0.05, 0) is 31.5 Å². The molecule has 0 saturated carbocycles. The van der Waals surface area contributed by atoms with Gasteiger partial charge in [-0.15, -0.1) is 24.5 Å². The predicted molar refractivity (Wildman–Crippen MR) is 70.7 cm³/mol. The van der Waals surface area contributed by atoms with Crippen LogP contribution in [0.1, 0.15) is 27.2 Å². The Balaban J connectivity index is 2.17. The van der Waals surface area contributed by atoms with Crippen molar-refractivity contribution in [3.05, 3.63) is 45.4 Å². The van der Waals surface area contributed by atoms with Crippen LogP contribution in [0.5, 0.6) is 5.75 Å². The fraction of sp³-hybridized carbons (Fsp3) is 0.308. The topological polar surface area (TPSA) is 48.1 Å². The summed E-state index contributed by atoms with van der Waals surface area (Å²) in [4.78, 5) is 5.43. The van der Waals surface area contributed by atoms with E-state index in [1.165, 1.54) is 35.6 Å². The van der Waals surface area contributed by atoms with E-state index in [0.717, 1.165) is 15.6 Å². The molecular weight excluding hydrogens is 289 g/mol. The van der Waals surface area contributed by atoms with Gasteiger partial charge in [0.2, 0.25) is 0 Å². The van der Waals surface area contributed by atoms with E-state index >= 15 is 0 Å². The molecule has 0 radical (unpaired) electrons. The third-order valence-corrected chi connectivity index (χ3v) is 3.94. The summed E-state index contributed by atoms with van der Waals surface area (Å²) in [5.41, 5.74) is 7.66. The molecule has 0 saturated heterocycles. The van der Waals surface area contributed by atoms with Gasteiger partial charge in [-0.3, -0.25) is 0 Å². The van der Waals surface area contributed by atoms with Crippen LogP contribution in [0.25, 0.3) is 0 Å².